The van der Waals surface area contributed by atoms with Crippen molar-refractivity contribution in [3.05, 3.63) is 39.7 Å². The lowest BCUT2D eigenvalue weighted by molar-refractivity contribution is -0.387. The highest BCUT2D eigenvalue weighted by Crippen LogP contribution is 2.21. The van der Waals surface area contributed by atoms with Crippen LogP contribution in [0, 0.1) is 21.8 Å². The summed E-state index contributed by atoms with van der Waals surface area (Å²) >= 11 is 0. The molecule has 2 rings (SSSR count). The highest BCUT2D eigenvalue weighted by Gasteiger charge is 2.23. The molecule has 1 saturated heterocycles. The Morgan fingerprint density at radius 1 is 1.60 bits per heavy atom. The Morgan fingerprint density at radius 3 is 2.90 bits per heavy atom. The summed E-state index contributed by atoms with van der Waals surface area (Å²) in [6, 6.07) is 3.97. The largest absolute Gasteiger partial charge is 0.411 e. The fourth-order valence-corrected chi connectivity index (χ4v) is 2.45. The van der Waals surface area contributed by atoms with Crippen molar-refractivity contribution in [1.29, 1.82) is 0 Å². The van der Waals surface area contributed by atoms with Crippen molar-refractivity contribution in [2.75, 3.05) is 13.1 Å². The second-order valence-electron chi connectivity index (χ2n) is 5.02. The number of oxime groups is 1. The molecule has 1 aromatic carbocycles. The maximum atomic E-state index is 13.5. The van der Waals surface area contributed by atoms with E-state index in [1.807, 2.05) is 6.92 Å². The van der Waals surface area contributed by atoms with Crippen molar-refractivity contribution < 1.29 is 14.5 Å². The molecule has 0 radical (unpaired) electrons. The number of likely N-dealkylation sites (tertiary alicyclic amines) is 1. The topological polar surface area (TPSA) is 79.0 Å². The van der Waals surface area contributed by atoms with Crippen LogP contribution < -0.4 is 0 Å². The minimum absolute atomic E-state index is 0.150. The van der Waals surface area contributed by atoms with Gasteiger partial charge >= 0.3 is 5.69 Å². The minimum atomic E-state index is -0.810. The van der Waals surface area contributed by atoms with Crippen LogP contribution in [0.15, 0.2) is 23.4 Å². The van der Waals surface area contributed by atoms with Gasteiger partial charge in [0.15, 0.2) is 0 Å². The molecule has 7 heteroatoms. The second-order valence-corrected chi connectivity index (χ2v) is 5.02. The van der Waals surface area contributed by atoms with Gasteiger partial charge in [-0.3, -0.25) is 15.0 Å². The van der Waals surface area contributed by atoms with Crippen LogP contribution in [0.1, 0.15) is 18.9 Å². The van der Waals surface area contributed by atoms with Gasteiger partial charge in [0.1, 0.15) is 0 Å². The molecule has 0 aromatic heterocycles. The number of piperidine rings is 1. The van der Waals surface area contributed by atoms with Crippen molar-refractivity contribution in [3.8, 4) is 0 Å². The number of halogens is 1. The first kappa shape index (κ1) is 14.4. The predicted octanol–water partition coefficient (Wildman–Crippen LogP) is 2.41. The summed E-state index contributed by atoms with van der Waals surface area (Å²) in [5.41, 5.74) is 0.969. The smallest absolute Gasteiger partial charge is 0.304 e. The normalized spacial score (nSPS) is 22.1. The highest BCUT2D eigenvalue weighted by atomic mass is 19.1. The Labute approximate surface area is 115 Å². The molecule has 1 atom stereocenters. The number of nitro benzene ring substituents is 1. The van der Waals surface area contributed by atoms with Gasteiger partial charge in [-0.15, -0.1) is 0 Å². The maximum Gasteiger partial charge on any atom is 0.304 e. The van der Waals surface area contributed by atoms with Crippen molar-refractivity contribution in [2.24, 2.45) is 11.1 Å². The van der Waals surface area contributed by atoms with Crippen LogP contribution in [0.5, 0.6) is 0 Å². The molecule has 1 N–H and O–H groups in total. The first-order chi connectivity index (χ1) is 9.51. The van der Waals surface area contributed by atoms with E-state index < -0.39 is 16.4 Å². The Bertz CT molecular complexity index is 548. The third-order valence-electron chi connectivity index (χ3n) is 3.53. The average Bonchev–Trinajstić information content (AvgIpc) is 2.38. The summed E-state index contributed by atoms with van der Waals surface area (Å²) in [7, 11) is 0. The molecule has 20 heavy (non-hydrogen) atoms. The summed E-state index contributed by atoms with van der Waals surface area (Å²) in [5.74, 6) is -0.660. The summed E-state index contributed by atoms with van der Waals surface area (Å²) in [6.07, 6.45) is 0.674. The van der Waals surface area contributed by atoms with E-state index in [0.717, 1.165) is 18.8 Å². The van der Waals surface area contributed by atoms with Gasteiger partial charge in [-0.2, -0.15) is 4.39 Å². The molecule has 0 bridgehead atoms. The second kappa shape index (κ2) is 5.96. The number of hydrogen-bond donors (Lipinski definition) is 1. The van der Waals surface area contributed by atoms with Gasteiger partial charge in [0, 0.05) is 38.0 Å². The van der Waals surface area contributed by atoms with Gasteiger partial charge in [-0.1, -0.05) is 18.1 Å². The summed E-state index contributed by atoms with van der Waals surface area (Å²) < 4.78 is 13.5. The monoisotopic (exact) mass is 281 g/mol. The molecule has 1 fully saturated rings. The van der Waals surface area contributed by atoms with E-state index in [-0.39, 0.29) is 5.92 Å². The first-order valence-electron chi connectivity index (χ1n) is 6.37. The molecular formula is C13H16FN3O3. The molecular weight excluding hydrogens is 265 g/mol. The van der Waals surface area contributed by atoms with E-state index >= 15 is 0 Å². The Balaban J connectivity index is 2.04. The lowest BCUT2D eigenvalue weighted by Crippen LogP contribution is -2.39. The van der Waals surface area contributed by atoms with E-state index in [1.165, 1.54) is 12.1 Å². The van der Waals surface area contributed by atoms with Crippen LogP contribution in [0.3, 0.4) is 0 Å². The predicted molar refractivity (Wildman–Crippen MR) is 71.3 cm³/mol. The zero-order valence-corrected chi connectivity index (χ0v) is 11.1. The first-order valence-corrected chi connectivity index (χ1v) is 6.37. The standard InChI is InChI=1S/C13H16FN3O3/c1-9-7-16(5-4-12(9)15-18)8-10-2-3-13(17(19)20)11(14)6-10/h2-3,6,9,18H,4-5,7-8H2,1H3/b15-12+. The Hall–Kier alpha value is -2.02. The summed E-state index contributed by atoms with van der Waals surface area (Å²) in [4.78, 5) is 11.9. The molecule has 1 aliphatic rings. The number of nitrogens with zero attached hydrogens (tertiary/aromatic N) is 3. The van der Waals surface area contributed by atoms with E-state index in [9.17, 15) is 14.5 Å². The molecule has 0 spiro atoms. The molecule has 6 nitrogen and oxygen atoms in total. The van der Waals surface area contributed by atoms with Crippen LogP contribution in [0.25, 0.3) is 0 Å². The number of rotatable bonds is 3. The maximum absolute atomic E-state index is 13.5. The van der Waals surface area contributed by atoms with Gasteiger partial charge in [0.2, 0.25) is 5.82 Å². The molecule has 0 amide bonds. The van der Waals surface area contributed by atoms with Crippen molar-refractivity contribution in [2.45, 2.75) is 19.9 Å². The summed E-state index contributed by atoms with van der Waals surface area (Å²) in [6.45, 7) is 3.94. The molecule has 1 aliphatic heterocycles. The third kappa shape index (κ3) is 3.11. The molecule has 0 saturated carbocycles. The number of benzene rings is 1. The number of nitro groups is 1. The lowest BCUT2D eigenvalue weighted by Gasteiger charge is -2.31. The molecule has 1 unspecified atom stereocenters. The van der Waals surface area contributed by atoms with E-state index in [1.54, 1.807) is 6.07 Å². The van der Waals surface area contributed by atoms with Crippen LogP contribution in [0.2, 0.25) is 0 Å². The fraction of sp³-hybridized carbons (Fsp3) is 0.462. The highest BCUT2D eigenvalue weighted by molar-refractivity contribution is 5.86. The van der Waals surface area contributed by atoms with Crippen LogP contribution in [-0.4, -0.2) is 33.8 Å². The molecule has 1 heterocycles. The van der Waals surface area contributed by atoms with Gasteiger partial charge in [-0.25, -0.2) is 0 Å². The molecule has 1 aromatic rings. The number of hydrogen-bond acceptors (Lipinski definition) is 5. The molecule has 108 valence electrons. The molecule has 0 aliphatic carbocycles. The van der Waals surface area contributed by atoms with Crippen LogP contribution in [-0.2, 0) is 6.54 Å². The van der Waals surface area contributed by atoms with Gasteiger partial charge in [0.05, 0.1) is 10.6 Å². The van der Waals surface area contributed by atoms with Crippen molar-refractivity contribution in [1.82, 2.24) is 4.90 Å². The third-order valence-corrected chi connectivity index (χ3v) is 3.53. The van der Waals surface area contributed by atoms with Crippen molar-refractivity contribution >= 4 is 11.4 Å². The van der Waals surface area contributed by atoms with Gasteiger partial charge in [0.25, 0.3) is 0 Å². The van der Waals surface area contributed by atoms with Gasteiger partial charge < -0.3 is 5.21 Å². The van der Waals surface area contributed by atoms with Crippen LogP contribution >= 0.6 is 0 Å². The minimum Gasteiger partial charge on any atom is -0.411 e. The Morgan fingerprint density at radius 2 is 2.35 bits per heavy atom. The van der Waals surface area contributed by atoms with Crippen molar-refractivity contribution in [3.63, 3.8) is 0 Å². The SMILES string of the molecule is CC1CN(Cc2ccc([N+](=O)[O-])c(F)c2)CC/C1=N\O. The lowest BCUT2D eigenvalue weighted by atomic mass is 9.97. The zero-order chi connectivity index (χ0) is 14.7. The fourth-order valence-electron chi connectivity index (χ4n) is 2.45. The van der Waals surface area contributed by atoms with Gasteiger partial charge in [-0.05, 0) is 11.6 Å². The van der Waals surface area contributed by atoms with E-state index in [2.05, 4.69) is 10.1 Å². The Kier molecular flexibility index (Phi) is 4.29. The van der Waals surface area contributed by atoms with Crippen LogP contribution in [0.4, 0.5) is 10.1 Å². The average molecular weight is 281 g/mol. The zero-order valence-electron chi connectivity index (χ0n) is 11.1. The van der Waals surface area contributed by atoms with E-state index in [0.29, 0.717) is 18.5 Å². The summed E-state index contributed by atoms with van der Waals surface area (Å²) in [5, 5.41) is 22.6. The quantitative estimate of drug-likeness (QED) is 0.524. The van der Waals surface area contributed by atoms with E-state index in [4.69, 9.17) is 5.21 Å².